The standard InChI is InChI=1S/C10H12NO3.CH3.Ra/c1-6(12)9-8(14-3)5-4-7(11-2)10(9)13;;/h4-5,11,13H,2H2,1,3H3;1H3;. The summed E-state index contributed by atoms with van der Waals surface area (Å²) >= 11 is -0.834. The van der Waals surface area contributed by atoms with Gasteiger partial charge in [0.25, 0.3) is 0 Å². The zero-order valence-electron chi connectivity index (χ0n) is 9.83. The van der Waals surface area contributed by atoms with Gasteiger partial charge in [-0.25, -0.2) is 0 Å². The number of hydrogen-bond acceptors (Lipinski definition) is 4. The molecule has 0 bridgehead atoms. The predicted molar refractivity (Wildman–Crippen MR) is 59.0 cm³/mol. The first kappa shape index (κ1) is 13.8. The van der Waals surface area contributed by atoms with Gasteiger partial charge in [0.1, 0.15) is 0 Å². The van der Waals surface area contributed by atoms with Crippen molar-refractivity contribution < 1.29 is 55.2 Å². The topological polar surface area (TPSA) is 58.6 Å². The molecule has 84 valence electrons. The Labute approximate surface area is 117 Å². The minimum absolute atomic E-state index is 0.00465. The summed E-state index contributed by atoms with van der Waals surface area (Å²) in [6, 6.07) is 3.44. The number of rotatable bonds is 5. The molecule has 1 aromatic rings. The summed E-state index contributed by atoms with van der Waals surface area (Å²) in [6.07, 6.45) is 0. The number of carbonyl (C=O) groups is 1. The van der Waals surface area contributed by atoms with Gasteiger partial charge in [0.2, 0.25) is 0 Å². The van der Waals surface area contributed by atoms with Crippen molar-refractivity contribution in [2.45, 2.75) is 8.89 Å². The number of anilines is 1. The number of benzene rings is 1. The van der Waals surface area contributed by atoms with Crippen LogP contribution >= 0.6 is 0 Å². The molecule has 0 saturated carbocycles. The van der Waals surface area contributed by atoms with Crippen LogP contribution < -0.4 is 10.1 Å². The van der Waals surface area contributed by atoms with Crippen LogP contribution in [-0.2, 0) is 0 Å². The van der Waals surface area contributed by atoms with Crippen molar-refractivity contribution in [3.05, 3.63) is 17.7 Å². The van der Waals surface area contributed by atoms with Crippen LogP contribution in [0.1, 0.15) is 17.3 Å². The number of phenols is 1. The number of nitrogens with one attached hydrogen (secondary N) is 1. The maximum absolute atomic E-state index is 11.4. The van der Waals surface area contributed by atoms with Gasteiger partial charge in [-0.1, -0.05) is 0 Å². The number of methoxy groups -OCH3 is 1. The third kappa shape index (κ3) is 3.13. The molecule has 0 spiro atoms. The number of phenolic OH excluding ortho intramolecular Hbond substituents is 1. The van der Waals surface area contributed by atoms with Gasteiger partial charge in [0, 0.05) is 0 Å². The fraction of sp³-hybridized carbons (Fsp3) is 0.364. The van der Waals surface area contributed by atoms with Crippen molar-refractivity contribution in [3.63, 3.8) is 0 Å². The molecule has 4 nitrogen and oxygen atoms in total. The van der Waals surface area contributed by atoms with E-state index in [1.807, 2.05) is 0 Å². The average molecular weight is 435 g/mol. The van der Waals surface area contributed by atoms with Gasteiger partial charge in [-0.15, -0.1) is 0 Å². The molecule has 2 N–H and O–H groups in total. The van der Waals surface area contributed by atoms with Crippen molar-refractivity contribution in [3.8, 4) is 11.5 Å². The third-order valence-corrected chi connectivity index (χ3v) is 5.36. The molecule has 0 amide bonds. The van der Waals surface area contributed by atoms with Crippen LogP contribution in [-0.4, -0.2) is 19.6 Å². The first-order chi connectivity index (χ1) is 7.61. The van der Waals surface area contributed by atoms with Crippen LogP contribution in [0.15, 0.2) is 12.1 Å². The van der Waals surface area contributed by atoms with Crippen LogP contribution in [0.2, 0.25) is 1.96 Å². The summed E-state index contributed by atoms with van der Waals surface area (Å²) in [6.45, 7) is 1.42. The summed E-state index contributed by atoms with van der Waals surface area (Å²) in [5, 5.41) is 13.1. The quantitative estimate of drug-likeness (QED) is 0.550. The molecular formula is C11H15NO3Ra. The zero-order chi connectivity index (χ0) is 12.1. The van der Waals surface area contributed by atoms with Crippen LogP contribution in [0.4, 0.5) is 5.69 Å². The van der Waals surface area contributed by atoms with E-state index >= 15 is 0 Å². The Hall–Kier alpha value is -0.242. The normalized spacial score (nSPS) is 9.44. The summed E-state index contributed by atoms with van der Waals surface area (Å²) in [5.41, 5.74) is 0.871. The fourth-order valence-corrected chi connectivity index (χ4v) is 3.62. The molecule has 0 radical (unpaired) electrons. The third-order valence-electron chi connectivity index (χ3n) is 2.28. The maximum atomic E-state index is 11.4. The molecular weight excluding hydrogens is 420 g/mol. The summed E-state index contributed by atoms with van der Waals surface area (Å²) in [4.78, 5) is 11.4. The first-order valence-corrected chi connectivity index (χ1v) is 15.2. The summed E-state index contributed by atoms with van der Waals surface area (Å²) in [7, 11) is 1.48. The Morgan fingerprint density at radius 1 is 1.56 bits per heavy atom. The molecule has 1 aromatic carbocycles. The van der Waals surface area contributed by atoms with Crippen LogP contribution in [0.5, 0.6) is 11.5 Å². The Morgan fingerprint density at radius 3 is 2.75 bits per heavy atom. The number of ether oxygens (including phenoxy) is 1. The van der Waals surface area contributed by atoms with Gasteiger partial charge in [-0.2, -0.15) is 0 Å². The van der Waals surface area contributed by atoms with Crippen molar-refractivity contribution in [1.29, 1.82) is 0 Å². The predicted octanol–water partition coefficient (Wildman–Crippen LogP) is 2.11. The second kappa shape index (κ2) is 6.48. The molecule has 0 saturated heterocycles. The Bertz CT molecular complexity index is 393. The van der Waals surface area contributed by atoms with Gasteiger partial charge < -0.3 is 0 Å². The second-order valence-electron chi connectivity index (χ2n) is 3.52. The van der Waals surface area contributed by atoms with E-state index in [-0.39, 0.29) is 17.1 Å². The molecule has 0 heterocycles. The monoisotopic (exact) mass is 435 g/mol. The van der Waals surface area contributed by atoms with Crippen molar-refractivity contribution in [1.82, 2.24) is 0 Å². The summed E-state index contributed by atoms with van der Waals surface area (Å²) in [5.74, 6) is 0.215. The van der Waals surface area contributed by atoms with Crippen LogP contribution in [0, 0.1) is 40.6 Å². The van der Waals surface area contributed by atoms with E-state index < -0.39 is 40.6 Å². The van der Waals surface area contributed by atoms with E-state index in [1.165, 1.54) is 14.0 Å². The van der Waals surface area contributed by atoms with E-state index in [1.54, 1.807) is 12.1 Å². The fourth-order valence-electron chi connectivity index (χ4n) is 1.49. The van der Waals surface area contributed by atoms with Crippen molar-refractivity contribution in [2.75, 3.05) is 14.0 Å². The molecule has 0 aliphatic rings. The number of carbonyl (C=O) groups excluding carboxylic acids is 1. The zero-order valence-corrected chi connectivity index (χ0v) is 15.6. The number of Topliss-reactive ketones (excluding diaryl/α,β-unsaturated/α-hetero) is 1. The number of ketones is 1. The molecule has 0 atom stereocenters. The van der Waals surface area contributed by atoms with E-state index in [2.05, 4.69) is 7.28 Å². The molecule has 5 heteroatoms. The molecule has 0 aromatic heterocycles. The van der Waals surface area contributed by atoms with Gasteiger partial charge in [0.05, 0.1) is 0 Å². The molecule has 0 aliphatic carbocycles. The second-order valence-corrected chi connectivity index (χ2v) is 9.69. The van der Waals surface area contributed by atoms with Crippen LogP contribution in [0.3, 0.4) is 0 Å². The first-order valence-electron chi connectivity index (χ1n) is 5.26. The average Bonchev–Trinajstić information content (AvgIpc) is 2.26. The Kier molecular flexibility index (Phi) is 5.60. The van der Waals surface area contributed by atoms with Gasteiger partial charge in [-0.3, -0.25) is 0 Å². The van der Waals surface area contributed by atoms with Crippen LogP contribution in [0.25, 0.3) is 0 Å². The van der Waals surface area contributed by atoms with Crippen molar-refractivity contribution in [2.24, 2.45) is 0 Å². The number of hydrogen-bond donors (Lipinski definition) is 2. The SMILES string of the molecule is COc1ccc(N[CH2][Ra][CH3])c(O)c1C(C)=O. The van der Waals surface area contributed by atoms with E-state index in [0.717, 1.165) is 1.59 Å². The van der Waals surface area contributed by atoms with E-state index in [0.29, 0.717) is 11.4 Å². The minimum atomic E-state index is -0.834. The molecule has 0 unspecified atom stereocenters. The van der Waals surface area contributed by atoms with Crippen molar-refractivity contribution >= 4 is 11.5 Å². The molecule has 1 rings (SSSR count). The molecule has 0 fully saturated rings. The van der Waals surface area contributed by atoms with E-state index in [9.17, 15) is 9.90 Å². The molecule has 16 heavy (non-hydrogen) atoms. The van der Waals surface area contributed by atoms with E-state index in [4.69, 9.17) is 4.74 Å². The summed E-state index contributed by atoms with van der Waals surface area (Å²) < 4.78 is 8.29. The van der Waals surface area contributed by atoms with Gasteiger partial charge in [0.15, 0.2) is 0 Å². The van der Waals surface area contributed by atoms with Gasteiger partial charge in [-0.05, 0) is 0 Å². The number of aromatic hydroxyl groups is 1. The van der Waals surface area contributed by atoms with Gasteiger partial charge >= 0.3 is 119 Å². The Balaban J connectivity index is 3.15. The Morgan fingerprint density at radius 2 is 2.25 bits per heavy atom. The molecule has 0 aliphatic heterocycles.